The number of hydrogen-bond donors (Lipinski definition) is 2. The van der Waals surface area contributed by atoms with Gasteiger partial charge in [0.2, 0.25) is 0 Å². The first-order chi connectivity index (χ1) is 14.3. The van der Waals surface area contributed by atoms with E-state index in [0.717, 1.165) is 28.0 Å². The number of nitrogens with zero attached hydrogens (tertiary/aromatic N) is 2. The molecule has 0 saturated carbocycles. The number of amidine groups is 1. The van der Waals surface area contributed by atoms with Crippen LogP contribution >= 0.6 is 11.3 Å². The van der Waals surface area contributed by atoms with Crippen molar-refractivity contribution in [3.05, 3.63) is 77.2 Å². The topological polar surface area (TPSA) is 96.0 Å². The lowest BCUT2D eigenvalue weighted by Crippen LogP contribution is -2.28. The quantitative estimate of drug-likeness (QED) is 0.267. The Kier molecular flexibility index (Phi) is 5.08. The predicted molar refractivity (Wildman–Crippen MR) is 117 cm³/mol. The number of anilines is 1. The van der Waals surface area contributed by atoms with Gasteiger partial charge in [-0.3, -0.25) is 4.31 Å². The van der Waals surface area contributed by atoms with Crippen LogP contribution in [0.25, 0.3) is 17.0 Å². The zero-order valence-corrected chi connectivity index (χ0v) is 17.4. The van der Waals surface area contributed by atoms with Crippen molar-refractivity contribution in [2.24, 2.45) is 10.9 Å². The van der Waals surface area contributed by atoms with E-state index in [2.05, 4.69) is 11.7 Å². The molecule has 0 bridgehead atoms. The predicted octanol–water partition coefficient (Wildman–Crippen LogP) is 4.20. The maximum absolute atomic E-state index is 13.2. The molecule has 1 aliphatic rings. The van der Waals surface area contributed by atoms with Gasteiger partial charge in [0.1, 0.15) is 10.0 Å². The number of fused-ring (bicyclic) bond motifs is 1. The van der Waals surface area contributed by atoms with Gasteiger partial charge in [-0.1, -0.05) is 42.1 Å². The molecule has 30 heavy (non-hydrogen) atoms. The third-order valence-corrected chi connectivity index (χ3v) is 8.34. The zero-order chi connectivity index (χ0) is 21.5. The van der Waals surface area contributed by atoms with Crippen LogP contribution in [0, 0.1) is 0 Å². The van der Waals surface area contributed by atoms with Crippen molar-refractivity contribution in [3.8, 4) is 11.1 Å². The summed E-state index contributed by atoms with van der Waals surface area (Å²) in [4.78, 5) is 0.380. The summed E-state index contributed by atoms with van der Waals surface area (Å²) in [6.45, 7) is 3.63. The van der Waals surface area contributed by atoms with E-state index in [1.54, 1.807) is 18.2 Å². The van der Waals surface area contributed by atoms with Gasteiger partial charge in [0.15, 0.2) is 5.84 Å². The molecule has 0 aliphatic carbocycles. The summed E-state index contributed by atoms with van der Waals surface area (Å²) < 4.78 is 41.0. The fourth-order valence-corrected chi connectivity index (χ4v) is 6.22. The maximum atomic E-state index is 13.2. The Hall–Kier alpha value is -3.17. The molecule has 6 nitrogen and oxygen atoms in total. The molecule has 1 aromatic heterocycles. The molecule has 0 unspecified atom stereocenters. The van der Waals surface area contributed by atoms with Gasteiger partial charge in [0.05, 0.1) is 10.6 Å². The number of benzene rings is 2. The number of nitrogens with two attached hydrogens (primary N) is 1. The number of sulfonamides is 1. The summed E-state index contributed by atoms with van der Waals surface area (Å²) in [5, 5.41) is 11.7. The van der Waals surface area contributed by atoms with E-state index in [4.69, 9.17) is 10.9 Å². The molecule has 2 aromatic carbocycles. The molecule has 3 aromatic rings. The highest BCUT2D eigenvalue weighted by atomic mass is 32.2. The molecule has 1 aliphatic heterocycles. The fourth-order valence-electron chi connectivity index (χ4n) is 3.40. The summed E-state index contributed by atoms with van der Waals surface area (Å²) in [5.74, 6) is -0.615. The van der Waals surface area contributed by atoms with Crippen molar-refractivity contribution in [1.82, 2.24) is 0 Å². The lowest BCUT2D eigenvalue weighted by atomic mass is 10.0. The molecule has 154 valence electrons. The number of rotatable bonds is 5. The number of oxime groups is 1. The Morgan fingerprint density at radius 3 is 2.50 bits per heavy atom. The monoisotopic (exact) mass is 443 g/mol. The van der Waals surface area contributed by atoms with E-state index in [9.17, 15) is 12.8 Å². The van der Waals surface area contributed by atoms with Crippen LogP contribution in [0.5, 0.6) is 0 Å². The van der Waals surface area contributed by atoms with Gasteiger partial charge < -0.3 is 10.9 Å². The Morgan fingerprint density at radius 1 is 1.13 bits per heavy atom. The molecule has 0 radical (unpaired) electrons. The van der Waals surface area contributed by atoms with E-state index < -0.39 is 15.9 Å². The molecule has 4 rings (SSSR count). The van der Waals surface area contributed by atoms with Gasteiger partial charge in [0.25, 0.3) is 10.0 Å². The Balaban J connectivity index is 1.65. The first-order valence-electron chi connectivity index (χ1n) is 9.00. The average Bonchev–Trinajstić information content (AvgIpc) is 3.41. The van der Waals surface area contributed by atoms with Crippen LogP contribution in [0.3, 0.4) is 0 Å². The van der Waals surface area contributed by atoms with Gasteiger partial charge in [-0.15, -0.1) is 11.3 Å². The highest BCUT2D eigenvalue weighted by molar-refractivity contribution is 7.94. The van der Waals surface area contributed by atoms with Gasteiger partial charge in [0, 0.05) is 12.1 Å². The van der Waals surface area contributed by atoms with Gasteiger partial charge in [-0.05, 0) is 47.4 Å². The number of hydrogen-bond acceptors (Lipinski definition) is 5. The van der Waals surface area contributed by atoms with Crippen molar-refractivity contribution in [1.29, 1.82) is 0 Å². The molecule has 0 atom stereocenters. The summed E-state index contributed by atoms with van der Waals surface area (Å²) in [6, 6.07) is 15.5. The SMILES string of the molecule is C=C(F)c1ccc(-c2ccc3c(c2)CCN3S(=O)(=O)c2ccc(C(N)=NO)s2)cc1. The third kappa shape index (κ3) is 3.46. The van der Waals surface area contributed by atoms with E-state index in [1.165, 1.54) is 16.4 Å². The van der Waals surface area contributed by atoms with Crippen LogP contribution in [0.4, 0.5) is 10.1 Å². The molecule has 0 saturated heterocycles. The van der Waals surface area contributed by atoms with Crippen LogP contribution in [0.15, 0.2) is 70.5 Å². The number of thiophene rings is 1. The highest BCUT2D eigenvalue weighted by Crippen LogP contribution is 2.37. The fraction of sp³-hybridized carbons (Fsp3) is 0.0952. The molecule has 0 spiro atoms. The minimum atomic E-state index is -3.76. The second kappa shape index (κ2) is 7.58. The van der Waals surface area contributed by atoms with Crippen LogP contribution in [0.2, 0.25) is 0 Å². The van der Waals surface area contributed by atoms with Crippen molar-refractivity contribution in [3.63, 3.8) is 0 Å². The van der Waals surface area contributed by atoms with Gasteiger partial charge in [-0.2, -0.15) is 0 Å². The van der Waals surface area contributed by atoms with Gasteiger partial charge >= 0.3 is 0 Å². The maximum Gasteiger partial charge on any atom is 0.273 e. The zero-order valence-electron chi connectivity index (χ0n) is 15.7. The smallest absolute Gasteiger partial charge is 0.273 e. The van der Waals surface area contributed by atoms with Gasteiger partial charge in [-0.25, -0.2) is 12.8 Å². The minimum absolute atomic E-state index is 0.128. The first kappa shape index (κ1) is 20.1. The van der Waals surface area contributed by atoms with Crippen LogP contribution < -0.4 is 10.0 Å². The van der Waals surface area contributed by atoms with E-state index in [1.807, 2.05) is 24.3 Å². The van der Waals surface area contributed by atoms with Crippen LogP contribution in [-0.4, -0.2) is 26.0 Å². The molecule has 0 amide bonds. The van der Waals surface area contributed by atoms with Crippen LogP contribution in [-0.2, 0) is 16.4 Å². The normalized spacial score (nSPS) is 14.0. The average molecular weight is 444 g/mol. The molecule has 0 fully saturated rings. The number of halogens is 1. The second-order valence-electron chi connectivity index (χ2n) is 6.76. The van der Waals surface area contributed by atoms with Crippen molar-refractivity contribution >= 4 is 38.7 Å². The lowest BCUT2D eigenvalue weighted by Gasteiger charge is -2.18. The Bertz CT molecular complexity index is 1260. The first-order valence-corrected chi connectivity index (χ1v) is 11.3. The molecule has 2 heterocycles. The van der Waals surface area contributed by atoms with Crippen LogP contribution in [0.1, 0.15) is 16.0 Å². The Labute approximate surface area is 177 Å². The minimum Gasteiger partial charge on any atom is -0.409 e. The third-order valence-electron chi connectivity index (χ3n) is 4.95. The summed E-state index contributed by atoms with van der Waals surface area (Å²) in [6.07, 6.45) is 0.584. The molecular weight excluding hydrogens is 425 g/mol. The summed E-state index contributed by atoms with van der Waals surface area (Å²) in [7, 11) is -3.76. The summed E-state index contributed by atoms with van der Waals surface area (Å²) in [5.41, 5.74) is 9.37. The van der Waals surface area contributed by atoms with E-state index in [0.29, 0.717) is 29.1 Å². The largest absolute Gasteiger partial charge is 0.409 e. The standard InChI is InChI=1S/C21H18FN3O3S2/c1-13(22)14-2-4-15(5-3-14)16-6-7-18-17(12-16)10-11-25(18)30(27,28)20-9-8-19(29-20)21(23)24-26/h2-9,12,26H,1,10-11H2,(H2,23,24). The molecular formula is C21H18FN3O3S2. The highest BCUT2D eigenvalue weighted by Gasteiger charge is 2.32. The second-order valence-corrected chi connectivity index (χ2v) is 9.93. The Morgan fingerprint density at radius 2 is 1.83 bits per heavy atom. The summed E-state index contributed by atoms with van der Waals surface area (Å²) >= 11 is 0.955. The molecule has 3 N–H and O–H groups in total. The van der Waals surface area contributed by atoms with Crippen molar-refractivity contribution in [2.75, 3.05) is 10.8 Å². The molecule has 9 heteroatoms. The van der Waals surface area contributed by atoms with E-state index >= 15 is 0 Å². The van der Waals surface area contributed by atoms with E-state index in [-0.39, 0.29) is 10.0 Å². The van der Waals surface area contributed by atoms with Crippen molar-refractivity contribution < 1.29 is 18.0 Å². The lowest BCUT2D eigenvalue weighted by molar-refractivity contribution is 0.319. The van der Waals surface area contributed by atoms with Crippen molar-refractivity contribution in [2.45, 2.75) is 10.6 Å².